The number of amides is 1. The smallest absolute Gasteiger partial charge is 0.269 e. The van der Waals surface area contributed by atoms with E-state index in [9.17, 15) is 9.90 Å². The fraction of sp³-hybridized carbons (Fsp3) is 0.538. The summed E-state index contributed by atoms with van der Waals surface area (Å²) >= 11 is 0. The quantitative estimate of drug-likeness (QED) is 0.690. The number of aliphatic hydroxyl groups is 1. The topological polar surface area (TPSA) is 74.2 Å². The highest BCUT2D eigenvalue weighted by atomic mass is 16.3. The Hall–Kier alpha value is -1.46. The fourth-order valence-electron chi connectivity index (χ4n) is 1.55. The van der Waals surface area contributed by atoms with Gasteiger partial charge in [-0.2, -0.15) is 0 Å². The second-order valence-corrected chi connectivity index (χ2v) is 4.54. The van der Waals surface area contributed by atoms with E-state index < -0.39 is 0 Å². The van der Waals surface area contributed by atoms with Crippen LogP contribution in [0, 0.1) is 5.92 Å². The average molecular weight is 251 g/mol. The van der Waals surface area contributed by atoms with Gasteiger partial charge in [0.25, 0.3) is 5.91 Å². The maximum absolute atomic E-state index is 11.3. The molecular weight excluding hydrogens is 230 g/mol. The van der Waals surface area contributed by atoms with Gasteiger partial charge in [0.15, 0.2) is 0 Å². The van der Waals surface area contributed by atoms with Crippen LogP contribution in [0.2, 0.25) is 0 Å². The minimum absolute atomic E-state index is 0.0728. The van der Waals surface area contributed by atoms with Crippen LogP contribution in [0.15, 0.2) is 18.3 Å². The predicted molar refractivity (Wildman–Crippen MR) is 70.2 cm³/mol. The van der Waals surface area contributed by atoms with Crippen molar-refractivity contribution in [2.45, 2.75) is 26.4 Å². The van der Waals surface area contributed by atoms with Gasteiger partial charge < -0.3 is 15.7 Å². The first-order valence-corrected chi connectivity index (χ1v) is 6.09. The molecule has 18 heavy (non-hydrogen) atoms. The van der Waals surface area contributed by atoms with E-state index in [1.807, 2.05) is 6.07 Å². The Balaban J connectivity index is 2.56. The summed E-state index contributed by atoms with van der Waals surface area (Å²) < 4.78 is 0. The van der Waals surface area contributed by atoms with Gasteiger partial charge in [0, 0.05) is 25.8 Å². The van der Waals surface area contributed by atoms with Crippen molar-refractivity contribution in [3.8, 4) is 0 Å². The summed E-state index contributed by atoms with van der Waals surface area (Å²) in [5.74, 6) is 0.179. The Kier molecular flexibility index (Phi) is 5.74. The van der Waals surface area contributed by atoms with Gasteiger partial charge in [-0.15, -0.1) is 0 Å². The molecule has 0 radical (unpaired) electrons. The zero-order chi connectivity index (χ0) is 13.5. The number of pyridine rings is 1. The molecule has 1 aromatic rings. The van der Waals surface area contributed by atoms with Gasteiger partial charge in [-0.25, -0.2) is 0 Å². The molecule has 3 N–H and O–H groups in total. The molecule has 1 rings (SSSR count). The predicted octanol–water partition coefficient (Wildman–Crippen LogP) is 0.548. The lowest BCUT2D eigenvalue weighted by atomic mass is 10.1. The second kappa shape index (κ2) is 7.08. The van der Waals surface area contributed by atoms with Crippen molar-refractivity contribution < 1.29 is 9.90 Å². The van der Waals surface area contributed by atoms with E-state index in [4.69, 9.17) is 0 Å². The van der Waals surface area contributed by atoms with Gasteiger partial charge in [0.1, 0.15) is 5.69 Å². The first kappa shape index (κ1) is 14.6. The van der Waals surface area contributed by atoms with Crippen molar-refractivity contribution in [3.05, 3.63) is 29.6 Å². The highest BCUT2D eigenvalue weighted by Crippen LogP contribution is 2.04. The third kappa shape index (κ3) is 4.09. The summed E-state index contributed by atoms with van der Waals surface area (Å²) in [6.07, 6.45) is 1.67. The van der Waals surface area contributed by atoms with E-state index in [0.717, 1.165) is 5.56 Å². The molecule has 5 heteroatoms. The number of hydrogen-bond donors (Lipinski definition) is 3. The van der Waals surface area contributed by atoms with Crippen molar-refractivity contribution in [2.75, 3.05) is 13.7 Å². The lowest BCUT2D eigenvalue weighted by Crippen LogP contribution is -2.36. The van der Waals surface area contributed by atoms with E-state index in [-0.39, 0.29) is 18.6 Å². The molecule has 0 unspecified atom stereocenters. The Morgan fingerprint density at radius 1 is 1.44 bits per heavy atom. The number of carbonyl (C=O) groups excluding carboxylic acids is 1. The molecule has 1 amide bonds. The first-order valence-electron chi connectivity index (χ1n) is 6.09. The molecule has 0 aliphatic rings. The zero-order valence-corrected chi connectivity index (χ0v) is 11.1. The summed E-state index contributed by atoms with van der Waals surface area (Å²) in [5, 5.41) is 15.0. The molecule has 100 valence electrons. The van der Waals surface area contributed by atoms with Crippen LogP contribution in [0.1, 0.15) is 29.9 Å². The number of hydrogen-bond acceptors (Lipinski definition) is 4. The summed E-state index contributed by atoms with van der Waals surface area (Å²) in [7, 11) is 1.58. The number of aromatic nitrogens is 1. The molecule has 0 aliphatic heterocycles. The number of nitrogens with zero attached hydrogens (tertiary/aromatic N) is 1. The molecular formula is C13H21N3O2. The Labute approximate surface area is 108 Å². The van der Waals surface area contributed by atoms with E-state index in [0.29, 0.717) is 18.2 Å². The summed E-state index contributed by atoms with van der Waals surface area (Å²) in [4.78, 5) is 15.4. The van der Waals surface area contributed by atoms with Crippen LogP contribution in [0.4, 0.5) is 0 Å². The lowest BCUT2D eigenvalue weighted by molar-refractivity contribution is 0.0958. The maximum Gasteiger partial charge on any atom is 0.269 e. The van der Waals surface area contributed by atoms with Crippen LogP contribution in [0.3, 0.4) is 0 Å². The van der Waals surface area contributed by atoms with Crippen molar-refractivity contribution in [1.82, 2.24) is 15.6 Å². The molecule has 0 aromatic carbocycles. The Morgan fingerprint density at radius 2 is 2.17 bits per heavy atom. The number of rotatable bonds is 6. The lowest BCUT2D eigenvalue weighted by Gasteiger charge is -2.19. The normalized spacial score (nSPS) is 12.5. The molecule has 5 nitrogen and oxygen atoms in total. The molecule has 0 saturated carbocycles. The number of carbonyl (C=O) groups is 1. The third-order valence-electron chi connectivity index (χ3n) is 2.85. The minimum atomic E-state index is -0.190. The summed E-state index contributed by atoms with van der Waals surface area (Å²) in [5.41, 5.74) is 1.39. The molecule has 1 heterocycles. The van der Waals surface area contributed by atoms with Crippen LogP contribution in [-0.2, 0) is 6.54 Å². The standard InChI is InChI=1S/C13H21N3O2/c1-9(2)12(8-17)16-7-10-4-5-11(15-6-10)13(18)14-3/h4-6,9,12,16-17H,7-8H2,1-3H3,(H,14,18)/t12-/m0/s1. The van der Waals surface area contributed by atoms with Crippen LogP contribution >= 0.6 is 0 Å². The fourth-order valence-corrected chi connectivity index (χ4v) is 1.55. The van der Waals surface area contributed by atoms with Crippen LogP contribution in [0.5, 0.6) is 0 Å². The molecule has 0 bridgehead atoms. The molecule has 0 fully saturated rings. The van der Waals surface area contributed by atoms with Gasteiger partial charge in [-0.3, -0.25) is 9.78 Å². The third-order valence-corrected chi connectivity index (χ3v) is 2.85. The monoisotopic (exact) mass is 251 g/mol. The van der Waals surface area contributed by atoms with E-state index >= 15 is 0 Å². The van der Waals surface area contributed by atoms with Crippen LogP contribution in [-0.4, -0.2) is 35.7 Å². The number of aliphatic hydroxyl groups excluding tert-OH is 1. The maximum atomic E-state index is 11.3. The van der Waals surface area contributed by atoms with Crippen LogP contribution < -0.4 is 10.6 Å². The van der Waals surface area contributed by atoms with Crippen LogP contribution in [0.25, 0.3) is 0 Å². The van der Waals surface area contributed by atoms with Gasteiger partial charge >= 0.3 is 0 Å². The van der Waals surface area contributed by atoms with Gasteiger partial charge in [0.05, 0.1) is 6.61 Å². The van der Waals surface area contributed by atoms with Gasteiger partial charge in [-0.05, 0) is 17.5 Å². The summed E-state index contributed by atoms with van der Waals surface area (Å²) in [6, 6.07) is 3.63. The van der Waals surface area contributed by atoms with Crippen molar-refractivity contribution in [1.29, 1.82) is 0 Å². The molecule has 0 aliphatic carbocycles. The Bertz CT molecular complexity index is 376. The second-order valence-electron chi connectivity index (χ2n) is 4.54. The molecule has 1 aromatic heterocycles. The van der Waals surface area contributed by atoms with E-state index in [2.05, 4.69) is 29.5 Å². The number of nitrogens with one attached hydrogen (secondary N) is 2. The van der Waals surface area contributed by atoms with Crippen molar-refractivity contribution >= 4 is 5.91 Å². The van der Waals surface area contributed by atoms with Gasteiger partial charge in [0.2, 0.25) is 0 Å². The van der Waals surface area contributed by atoms with Gasteiger partial charge in [-0.1, -0.05) is 19.9 Å². The minimum Gasteiger partial charge on any atom is -0.395 e. The van der Waals surface area contributed by atoms with E-state index in [1.54, 1.807) is 19.3 Å². The van der Waals surface area contributed by atoms with Crippen molar-refractivity contribution in [2.24, 2.45) is 5.92 Å². The largest absolute Gasteiger partial charge is 0.395 e. The molecule has 1 atom stereocenters. The average Bonchev–Trinajstić information content (AvgIpc) is 2.39. The zero-order valence-electron chi connectivity index (χ0n) is 11.1. The summed E-state index contributed by atoms with van der Waals surface area (Å²) in [6.45, 7) is 4.85. The van der Waals surface area contributed by atoms with E-state index in [1.165, 1.54) is 0 Å². The Morgan fingerprint density at radius 3 is 2.61 bits per heavy atom. The first-order chi connectivity index (χ1) is 8.58. The highest BCUT2D eigenvalue weighted by Gasteiger charge is 2.11. The SMILES string of the molecule is CNC(=O)c1ccc(CN[C@@H](CO)C(C)C)cn1. The van der Waals surface area contributed by atoms with Crippen molar-refractivity contribution in [3.63, 3.8) is 0 Å². The molecule has 0 saturated heterocycles. The highest BCUT2D eigenvalue weighted by molar-refractivity contribution is 5.91. The molecule has 0 spiro atoms.